The number of hydrogen-bond acceptors (Lipinski definition) is 9. The van der Waals surface area contributed by atoms with E-state index in [9.17, 15) is 15.3 Å². The number of benzene rings is 1. The first kappa shape index (κ1) is 20.1. The number of imidazole rings is 1. The minimum absolute atomic E-state index is 0.143. The molecule has 4 atom stereocenters. The molecule has 1 aromatic carbocycles. The fourth-order valence-corrected chi connectivity index (χ4v) is 3.58. The summed E-state index contributed by atoms with van der Waals surface area (Å²) in [5.41, 5.74) is 7.20. The van der Waals surface area contributed by atoms with Gasteiger partial charge in [0.15, 0.2) is 23.2 Å². The zero-order valence-corrected chi connectivity index (χ0v) is 16.7. The number of halogens is 2. The molecule has 0 unspecified atom stereocenters. The van der Waals surface area contributed by atoms with Crippen LogP contribution in [0.1, 0.15) is 6.23 Å². The van der Waals surface area contributed by atoms with Gasteiger partial charge < -0.3 is 30.7 Å². The number of rotatable bonds is 4. The summed E-state index contributed by atoms with van der Waals surface area (Å²) in [6.45, 7) is -0.462. The van der Waals surface area contributed by atoms with Crippen LogP contribution >= 0.6 is 23.2 Å². The molecule has 0 bridgehead atoms. The molecule has 154 valence electrons. The van der Waals surface area contributed by atoms with Gasteiger partial charge in [-0.15, -0.1) is 0 Å². The summed E-state index contributed by atoms with van der Waals surface area (Å²) >= 11 is 12.2. The van der Waals surface area contributed by atoms with Crippen molar-refractivity contribution in [2.75, 3.05) is 24.3 Å². The highest BCUT2D eigenvalue weighted by Gasteiger charge is 2.45. The summed E-state index contributed by atoms with van der Waals surface area (Å²) in [5.74, 6) is 0.449. The molecule has 0 amide bonds. The van der Waals surface area contributed by atoms with Crippen LogP contribution in [0.3, 0.4) is 0 Å². The van der Waals surface area contributed by atoms with Gasteiger partial charge in [-0.2, -0.15) is 0 Å². The van der Waals surface area contributed by atoms with E-state index in [0.29, 0.717) is 32.8 Å². The molecule has 3 aromatic rings. The van der Waals surface area contributed by atoms with Gasteiger partial charge in [-0.3, -0.25) is 4.57 Å². The zero-order chi connectivity index (χ0) is 20.9. The number of ether oxygens (including phenoxy) is 1. The van der Waals surface area contributed by atoms with Crippen molar-refractivity contribution in [3.8, 4) is 0 Å². The van der Waals surface area contributed by atoms with Gasteiger partial charge in [0, 0.05) is 12.7 Å². The minimum atomic E-state index is -1.33. The Morgan fingerprint density at radius 3 is 2.62 bits per heavy atom. The Morgan fingerprint density at radius 2 is 1.97 bits per heavy atom. The molecule has 10 nitrogen and oxygen atoms in total. The number of nitrogen functional groups attached to an aromatic ring is 1. The van der Waals surface area contributed by atoms with Crippen molar-refractivity contribution in [3.05, 3.63) is 34.6 Å². The Bertz CT molecular complexity index is 1060. The lowest BCUT2D eigenvalue weighted by Crippen LogP contribution is -2.33. The Morgan fingerprint density at radius 1 is 1.21 bits per heavy atom. The molecule has 0 saturated carbocycles. The minimum Gasteiger partial charge on any atom is -0.394 e. The average molecular weight is 441 g/mol. The van der Waals surface area contributed by atoms with Crippen molar-refractivity contribution in [3.63, 3.8) is 0 Å². The number of anilines is 3. The van der Waals surface area contributed by atoms with Crippen LogP contribution in [0.25, 0.3) is 11.2 Å². The molecule has 12 heteroatoms. The summed E-state index contributed by atoms with van der Waals surface area (Å²) in [6.07, 6.45) is -3.39. The van der Waals surface area contributed by atoms with Gasteiger partial charge in [0.1, 0.15) is 24.6 Å². The van der Waals surface area contributed by atoms with Crippen LogP contribution < -0.4 is 10.6 Å². The van der Waals surface area contributed by atoms with Crippen LogP contribution in [0, 0.1) is 0 Å². The first-order valence-electron chi connectivity index (χ1n) is 8.63. The number of nitrogens with zero attached hydrogens (tertiary/aromatic N) is 5. The predicted octanol–water partition coefficient (Wildman–Crippen LogP) is 1.09. The van der Waals surface area contributed by atoms with E-state index in [-0.39, 0.29) is 5.82 Å². The smallest absolute Gasteiger partial charge is 0.214 e. The normalized spacial score (nSPS) is 24.3. The summed E-state index contributed by atoms with van der Waals surface area (Å²) in [6, 6.07) is 5.04. The van der Waals surface area contributed by atoms with E-state index in [1.165, 1.54) is 10.9 Å². The molecule has 1 saturated heterocycles. The molecule has 29 heavy (non-hydrogen) atoms. The molecule has 1 aliphatic heterocycles. The van der Waals surface area contributed by atoms with Crippen LogP contribution in [0.15, 0.2) is 24.5 Å². The van der Waals surface area contributed by atoms with E-state index in [0.717, 1.165) is 0 Å². The van der Waals surface area contributed by atoms with Gasteiger partial charge in [0.25, 0.3) is 0 Å². The van der Waals surface area contributed by atoms with Crippen LogP contribution in [0.5, 0.6) is 0 Å². The Labute approximate surface area is 175 Å². The highest BCUT2D eigenvalue weighted by molar-refractivity contribution is 6.42. The number of aliphatic hydroxyl groups excluding tert-OH is 3. The second-order valence-corrected chi connectivity index (χ2v) is 7.41. The molecular weight excluding hydrogens is 423 g/mol. The van der Waals surface area contributed by atoms with Gasteiger partial charge >= 0.3 is 0 Å². The lowest BCUT2D eigenvalue weighted by molar-refractivity contribution is -0.0503. The van der Waals surface area contributed by atoms with E-state index in [4.69, 9.17) is 33.7 Å². The van der Waals surface area contributed by atoms with E-state index in [1.54, 1.807) is 30.1 Å². The summed E-state index contributed by atoms with van der Waals surface area (Å²) in [5, 5.41) is 30.9. The molecule has 2 aromatic heterocycles. The Balaban J connectivity index is 1.89. The Hall–Kier alpha value is -2.21. The maximum Gasteiger partial charge on any atom is 0.214 e. The number of aromatic nitrogens is 4. The number of hydrogen-bond donors (Lipinski definition) is 4. The zero-order valence-electron chi connectivity index (χ0n) is 15.1. The summed E-state index contributed by atoms with van der Waals surface area (Å²) < 4.78 is 7.19. The van der Waals surface area contributed by atoms with E-state index >= 15 is 0 Å². The molecule has 5 N–H and O–H groups in total. The van der Waals surface area contributed by atoms with Crippen molar-refractivity contribution in [1.29, 1.82) is 0 Å². The fraction of sp³-hybridized carbons (Fsp3) is 0.353. The van der Waals surface area contributed by atoms with Crippen molar-refractivity contribution in [2.45, 2.75) is 24.5 Å². The molecule has 0 spiro atoms. The summed E-state index contributed by atoms with van der Waals surface area (Å²) in [7, 11) is 1.72. The van der Waals surface area contributed by atoms with Crippen molar-refractivity contribution >= 4 is 51.8 Å². The van der Waals surface area contributed by atoms with Crippen LogP contribution in [-0.4, -0.2) is 66.8 Å². The monoisotopic (exact) mass is 440 g/mol. The summed E-state index contributed by atoms with van der Waals surface area (Å²) in [4.78, 5) is 14.4. The SMILES string of the molecule is CN(c1ccc(Cl)c(Cl)c1)c1nc2c(N)ncnc2n1[C@@H]1O[C@H](CO)[C@@H](O)[C@H]1O. The van der Waals surface area contributed by atoms with Crippen molar-refractivity contribution < 1.29 is 20.1 Å². The highest BCUT2D eigenvalue weighted by atomic mass is 35.5. The number of fused-ring (bicyclic) bond motifs is 1. The lowest BCUT2D eigenvalue weighted by atomic mass is 10.1. The number of nitrogens with two attached hydrogens (primary N) is 1. The second kappa shape index (κ2) is 7.56. The predicted molar refractivity (Wildman–Crippen MR) is 107 cm³/mol. The fourth-order valence-electron chi connectivity index (χ4n) is 3.29. The molecular formula is C17H18Cl2N6O4. The van der Waals surface area contributed by atoms with Crippen LogP contribution in [-0.2, 0) is 4.74 Å². The van der Waals surface area contributed by atoms with Gasteiger partial charge in [-0.25, -0.2) is 15.0 Å². The topological polar surface area (TPSA) is 143 Å². The quantitative estimate of drug-likeness (QED) is 0.468. The van der Waals surface area contributed by atoms with Gasteiger partial charge in [-0.1, -0.05) is 23.2 Å². The van der Waals surface area contributed by atoms with E-state index in [1.807, 2.05) is 0 Å². The Kier molecular flexibility index (Phi) is 5.23. The third kappa shape index (κ3) is 3.27. The van der Waals surface area contributed by atoms with Gasteiger partial charge in [-0.05, 0) is 18.2 Å². The molecule has 4 rings (SSSR count). The maximum absolute atomic E-state index is 10.6. The molecule has 0 aliphatic carbocycles. The molecule has 1 aliphatic rings. The molecule has 3 heterocycles. The van der Waals surface area contributed by atoms with Gasteiger partial charge in [0.05, 0.1) is 16.7 Å². The maximum atomic E-state index is 10.6. The first-order chi connectivity index (χ1) is 13.8. The first-order valence-corrected chi connectivity index (χ1v) is 9.38. The second-order valence-electron chi connectivity index (χ2n) is 6.60. The number of aliphatic hydroxyl groups is 3. The van der Waals surface area contributed by atoms with E-state index < -0.39 is 31.1 Å². The van der Waals surface area contributed by atoms with Crippen molar-refractivity contribution in [2.24, 2.45) is 0 Å². The van der Waals surface area contributed by atoms with E-state index in [2.05, 4.69) is 15.0 Å². The molecule has 1 fully saturated rings. The van der Waals surface area contributed by atoms with Crippen molar-refractivity contribution in [1.82, 2.24) is 19.5 Å². The van der Waals surface area contributed by atoms with Crippen LogP contribution in [0.2, 0.25) is 10.0 Å². The standard InChI is InChI=1S/C17H18Cl2N6O4/c1-24(7-2-3-8(18)9(19)4-7)17-23-11-14(20)21-6-22-15(11)25(17)16-13(28)12(27)10(5-26)29-16/h2-4,6,10,12-13,16,26-28H,5H2,1H3,(H2,20,21,22)/t10-,12-,13-,16-/m1/s1. The highest BCUT2D eigenvalue weighted by Crippen LogP contribution is 2.38. The average Bonchev–Trinajstić information content (AvgIpc) is 3.22. The van der Waals surface area contributed by atoms with Crippen LogP contribution in [0.4, 0.5) is 17.5 Å². The third-order valence-electron chi connectivity index (χ3n) is 4.85. The largest absolute Gasteiger partial charge is 0.394 e. The van der Waals surface area contributed by atoms with Gasteiger partial charge in [0.2, 0.25) is 5.95 Å². The third-order valence-corrected chi connectivity index (χ3v) is 5.59. The molecule has 0 radical (unpaired) electrons. The lowest BCUT2D eigenvalue weighted by Gasteiger charge is -2.24.